The van der Waals surface area contributed by atoms with Crippen LogP contribution in [0.25, 0.3) is 0 Å². The first-order valence-corrected chi connectivity index (χ1v) is 7.06. The van der Waals surface area contributed by atoms with Gasteiger partial charge in [-0.25, -0.2) is 0 Å². The quantitative estimate of drug-likeness (QED) is 0.924. The van der Waals surface area contributed by atoms with Gasteiger partial charge in [0.15, 0.2) is 0 Å². The van der Waals surface area contributed by atoms with Crippen LogP contribution in [0, 0.1) is 18.3 Å². The topological polar surface area (TPSA) is 59.0 Å². The predicted molar refractivity (Wildman–Crippen MR) is 84.3 cm³/mol. The molecular weight excluding hydrogens is 284 g/mol. The third kappa shape index (κ3) is 3.75. The van der Waals surface area contributed by atoms with Crippen molar-refractivity contribution in [3.63, 3.8) is 0 Å². The lowest BCUT2D eigenvalue weighted by molar-refractivity contribution is 0.301. The number of hydrogen-bond acceptors (Lipinski definition) is 3. The van der Waals surface area contributed by atoms with Crippen LogP contribution in [0.2, 0.25) is 5.02 Å². The van der Waals surface area contributed by atoms with E-state index >= 15 is 0 Å². The van der Waals surface area contributed by atoms with E-state index in [4.69, 9.17) is 27.3 Å². The predicted octanol–water partition coefficient (Wildman–Crippen LogP) is 4.12. The van der Waals surface area contributed by atoms with Crippen molar-refractivity contribution >= 4 is 11.6 Å². The van der Waals surface area contributed by atoms with E-state index in [1.165, 1.54) is 0 Å². The van der Waals surface area contributed by atoms with Gasteiger partial charge in [-0.15, -0.1) is 0 Å². The molecule has 3 nitrogen and oxygen atoms in total. The largest absolute Gasteiger partial charge is 0.488 e. The molecule has 0 unspecified atom stereocenters. The first-order chi connectivity index (χ1) is 10.0. The molecule has 0 amide bonds. The molecule has 0 aliphatic rings. The highest BCUT2D eigenvalue weighted by molar-refractivity contribution is 6.31. The zero-order chi connectivity index (χ0) is 15.4. The van der Waals surface area contributed by atoms with Crippen molar-refractivity contribution in [3.8, 4) is 11.8 Å². The fourth-order valence-electron chi connectivity index (χ4n) is 2.03. The van der Waals surface area contributed by atoms with E-state index < -0.39 is 0 Å². The normalized spacial score (nSPS) is 11.8. The van der Waals surface area contributed by atoms with Crippen LogP contribution >= 0.6 is 11.6 Å². The summed E-state index contributed by atoms with van der Waals surface area (Å²) < 4.78 is 5.87. The molecule has 0 saturated heterocycles. The van der Waals surface area contributed by atoms with E-state index in [2.05, 4.69) is 6.07 Å². The molecule has 0 aliphatic heterocycles. The fraction of sp³-hybridized carbons (Fsp3) is 0.235. The Hall–Kier alpha value is -2.02. The van der Waals surface area contributed by atoms with Crippen molar-refractivity contribution in [3.05, 3.63) is 63.7 Å². The maximum atomic E-state index is 8.84. The monoisotopic (exact) mass is 300 g/mol. The van der Waals surface area contributed by atoms with Crippen molar-refractivity contribution < 1.29 is 4.74 Å². The standard InChI is InChI=1S/C17H17ClN2O/c1-11-3-6-15(12(2)20)17(7-11)21-10-14-5-4-13(9-19)8-16(14)18/h3-8,12H,10,20H2,1-2H3/t12-/m1/s1. The van der Waals surface area contributed by atoms with Crippen LogP contribution in [0.5, 0.6) is 5.75 Å². The Bertz CT molecular complexity index is 690. The molecule has 1 atom stereocenters. The number of nitrogens with two attached hydrogens (primary N) is 1. The van der Waals surface area contributed by atoms with Gasteiger partial charge in [-0.2, -0.15) is 5.26 Å². The zero-order valence-electron chi connectivity index (χ0n) is 12.1. The van der Waals surface area contributed by atoms with E-state index in [9.17, 15) is 0 Å². The molecule has 0 radical (unpaired) electrons. The number of ether oxygens (including phenoxy) is 1. The molecule has 0 aliphatic carbocycles. The summed E-state index contributed by atoms with van der Waals surface area (Å²) in [5.41, 5.74) is 9.41. The second-order valence-electron chi connectivity index (χ2n) is 5.04. The Balaban J connectivity index is 2.20. The summed E-state index contributed by atoms with van der Waals surface area (Å²) in [5, 5.41) is 9.37. The number of nitriles is 1. The van der Waals surface area contributed by atoms with Crippen LogP contribution in [-0.2, 0) is 6.61 Å². The van der Waals surface area contributed by atoms with E-state index in [-0.39, 0.29) is 6.04 Å². The molecule has 2 aromatic carbocycles. The van der Waals surface area contributed by atoms with Gasteiger partial charge in [0, 0.05) is 22.2 Å². The number of halogens is 1. The molecule has 4 heteroatoms. The SMILES string of the molecule is Cc1ccc([C@@H](C)N)c(OCc2ccc(C#N)cc2Cl)c1. The van der Waals surface area contributed by atoms with E-state index in [0.29, 0.717) is 17.2 Å². The van der Waals surface area contributed by atoms with Gasteiger partial charge in [-0.05, 0) is 37.6 Å². The third-order valence-electron chi connectivity index (χ3n) is 3.22. The van der Waals surface area contributed by atoms with Crippen molar-refractivity contribution in [2.45, 2.75) is 26.5 Å². The Morgan fingerprint density at radius 1 is 1.29 bits per heavy atom. The minimum atomic E-state index is -0.1000. The number of hydrogen-bond donors (Lipinski definition) is 1. The van der Waals surface area contributed by atoms with Crippen LogP contribution in [0.15, 0.2) is 36.4 Å². The first kappa shape index (κ1) is 15.4. The molecule has 0 saturated carbocycles. The van der Waals surface area contributed by atoms with Gasteiger partial charge in [-0.1, -0.05) is 29.8 Å². The fourth-order valence-corrected chi connectivity index (χ4v) is 2.27. The van der Waals surface area contributed by atoms with E-state index in [1.54, 1.807) is 12.1 Å². The second kappa shape index (κ2) is 6.62. The highest BCUT2D eigenvalue weighted by Gasteiger charge is 2.10. The highest BCUT2D eigenvalue weighted by atomic mass is 35.5. The summed E-state index contributed by atoms with van der Waals surface area (Å²) >= 11 is 6.15. The van der Waals surface area contributed by atoms with E-state index in [1.807, 2.05) is 38.1 Å². The number of benzene rings is 2. The number of nitrogens with zero attached hydrogens (tertiary/aromatic N) is 1. The van der Waals surface area contributed by atoms with Crippen molar-refractivity contribution in [1.82, 2.24) is 0 Å². The lowest BCUT2D eigenvalue weighted by Gasteiger charge is -2.15. The summed E-state index contributed by atoms with van der Waals surface area (Å²) in [6, 6.07) is 13.1. The zero-order valence-corrected chi connectivity index (χ0v) is 12.8. The van der Waals surface area contributed by atoms with Crippen LogP contribution < -0.4 is 10.5 Å². The molecular formula is C17H17ClN2O. The Morgan fingerprint density at radius 3 is 2.67 bits per heavy atom. The molecule has 0 heterocycles. The van der Waals surface area contributed by atoms with Gasteiger partial charge in [0.2, 0.25) is 0 Å². The Morgan fingerprint density at radius 2 is 2.05 bits per heavy atom. The van der Waals surface area contributed by atoms with Gasteiger partial charge in [0.1, 0.15) is 12.4 Å². The third-order valence-corrected chi connectivity index (χ3v) is 3.58. The first-order valence-electron chi connectivity index (χ1n) is 6.68. The van der Waals surface area contributed by atoms with Crippen LogP contribution in [0.4, 0.5) is 0 Å². The summed E-state index contributed by atoms with van der Waals surface area (Å²) in [6.45, 7) is 4.27. The van der Waals surface area contributed by atoms with Gasteiger partial charge in [0.05, 0.1) is 11.6 Å². The van der Waals surface area contributed by atoms with Gasteiger partial charge in [-0.3, -0.25) is 0 Å². The van der Waals surface area contributed by atoms with Crippen molar-refractivity contribution in [2.24, 2.45) is 5.73 Å². The Labute approximate surface area is 129 Å². The molecule has 0 aromatic heterocycles. The van der Waals surface area contributed by atoms with Gasteiger partial charge < -0.3 is 10.5 Å². The molecule has 21 heavy (non-hydrogen) atoms. The smallest absolute Gasteiger partial charge is 0.124 e. The molecule has 108 valence electrons. The lowest BCUT2D eigenvalue weighted by Crippen LogP contribution is -2.08. The summed E-state index contributed by atoms with van der Waals surface area (Å²) in [4.78, 5) is 0. The lowest BCUT2D eigenvalue weighted by atomic mass is 10.1. The molecule has 0 fully saturated rings. The van der Waals surface area contributed by atoms with Crippen LogP contribution in [-0.4, -0.2) is 0 Å². The van der Waals surface area contributed by atoms with E-state index in [0.717, 1.165) is 22.4 Å². The maximum Gasteiger partial charge on any atom is 0.124 e. The average molecular weight is 301 g/mol. The van der Waals surface area contributed by atoms with Crippen molar-refractivity contribution in [1.29, 1.82) is 5.26 Å². The number of aryl methyl sites for hydroxylation is 1. The Kier molecular flexibility index (Phi) is 4.85. The summed E-state index contributed by atoms with van der Waals surface area (Å²) in [7, 11) is 0. The van der Waals surface area contributed by atoms with Crippen molar-refractivity contribution in [2.75, 3.05) is 0 Å². The molecule has 2 aromatic rings. The summed E-state index contributed by atoms with van der Waals surface area (Å²) in [5.74, 6) is 0.769. The van der Waals surface area contributed by atoms with Crippen LogP contribution in [0.3, 0.4) is 0 Å². The summed E-state index contributed by atoms with van der Waals surface area (Å²) in [6.07, 6.45) is 0. The highest BCUT2D eigenvalue weighted by Crippen LogP contribution is 2.27. The second-order valence-corrected chi connectivity index (χ2v) is 5.44. The molecule has 0 spiro atoms. The molecule has 0 bridgehead atoms. The minimum absolute atomic E-state index is 0.1000. The van der Waals surface area contributed by atoms with Crippen LogP contribution in [0.1, 0.15) is 35.2 Å². The average Bonchev–Trinajstić information content (AvgIpc) is 2.45. The van der Waals surface area contributed by atoms with Gasteiger partial charge >= 0.3 is 0 Å². The number of rotatable bonds is 4. The molecule has 2 N–H and O–H groups in total. The maximum absolute atomic E-state index is 8.84. The molecule has 2 rings (SSSR count). The minimum Gasteiger partial charge on any atom is -0.488 e. The van der Waals surface area contributed by atoms with Gasteiger partial charge in [0.25, 0.3) is 0 Å².